The molecule has 96 valence electrons. The van der Waals surface area contributed by atoms with Gasteiger partial charge in [0.25, 0.3) is 0 Å². The predicted octanol–water partition coefficient (Wildman–Crippen LogP) is 0.498. The molecular weight excluding hydrogens is 224 g/mol. The Hall–Kier alpha value is -1.10. The Morgan fingerprint density at radius 1 is 1.53 bits per heavy atom. The molecule has 2 fully saturated rings. The van der Waals surface area contributed by atoms with Crippen molar-refractivity contribution in [1.82, 2.24) is 0 Å². The number of hydrogen-bond donors (Lipinski definition) is 1. The van der Waals surface area contributed by atoms with Gasteiger partial charge < -0.3 is 14.6 Å². The molecule has 0 radical (unpaired) electrons. The van der Waals surface area contributed by atoms with Crippen molar-refractivity contribution in [3.8, 4) is 0 Å². The minimum Gasteiger partial charge on any atom is -0.461 e. The monoisotopic (exact) mass is 242 g/mol. The molecule has 1 saturated carbocycles. The molecule has 1 saturated heterocycles. The van der Waals surface area contributed by atoms with Crippen LogP contribution >= 0.6 is 0 Å². The van der Waals surface area contributed by atoms with Crippen LogP contribution in [0.4, 0.5) is 0 Å². The molecule has 2 aliphatic rings. The second kappa shape index (κ2) is 3.98. The Kier molecular flexibility index (Phi) is 2.89. The van der Waals surface area contributed by atoms with Crippen LogP contribution in [-0.2, 0) is 19.1 Å². The topological polar surface area (TPSA) is 72.8 Å². The van der Waals surface area contributed by atoms with Gasteiger partial charge in [-0.15, -0.1) is 0 Å². The van der Waals surface area contributed by atoms with E-state index in [-0.39, 0.29) is 30.4 Å². The zero-order chi connectivity index (χ0) is 12.8. The fourth-order valence-corrected chi connectivity index (χ4v) is 2.24. The first-order valence-electron chi connectivity index (χ1n) is 5.86. The van der Waals surface area contributed by atoms with E-state index in [4.69, 9.17) is 9.47 Å². The predicted molar refractivity (Wildman–Crippen MR) is 57.9 cm³/mol. The summed E-state index contributed by atoms with van der Waals surface area (Å²) in [4.78, 5) is 22.9. The summed E-state index contributed by atoms with van der Waals surface area (Å²) in [6.45, 7) is 5.32. The normalized spacial score (nSPS) is 35.9. The van der Waals surface area contributed by atoms with Crippen LogP contribution in [0.3, 0.4) is 0 Å². The van der Waals surface area contributed by atoms with Crippen molar-refractivity contribution < 1.29 is 24.2 Å². The second-order valence-corrected chi connectivity index (χ2v) is 5.81. The van der Waals surface area contributed by atoms with Gasteiger partial charge in [0.1, 0.15) is 12.7 Å². The Balaban J connectivity index is 1.88. The zero-order valence-corrected chi connectivity index (χ0v) is 10.3. The van der Waals surface area contributed by atoms with Crippen LogP contribution < -0.4 is 0 Å². The van der Waals surface area contributed by atoms with E-state index < -0.39 is 17.6 Å². The molecule has 0 bridgehead atoms. The third-order valence-electron chi connectivity index (χ3n) is 3.39. The van der Waals surface area contributed by atoms with Crippen LogP contribution in [0, 0.1) is 17.3 Å². The van der Waals surface area contributed by atoms with Crippen molar-refractivity contribution in [2.45, 2.75) is 39.4 Å². The summed E-state index contributed by atoms with van der Waals surface area (Å²) in [5.41, 5.74) is -0.569. The van der Waals surface area contributed by atoms with Crippen LogP contribution in [0.15, 0.2) is 0 Å². The van der Waals surface area contributed by atoms with Gasteiger partial charge in [-0.2, -0.15) is 0 Å². The molecule has 1 N–H and O–H groups in total. The van der Waals surface area contributed by atoms with Crippen LogP contribution in [0.5, 0.6) is 0 Å². The number of hydrogen-bond acceptors (Lipinski definition) is 5. The summed E-state index contributed by atoms with van der Waals surface area (Å²) in [7, 11) is 0. The molecular formula is C12H18O5. The van der Waals surface area contributed by atoms with Gasteiger partial charge in [0.2, 0.25) is 0 Å². The molecule has 2 rings (SSSR count). The summed E-state index contributed by atoms with van der Waals surface area (Å²) in [6.07, 6.45) is -0.528. The van der Waals surface area contributed by atoms with Crippen LogP contribution in [0.1, 0.15) is 27.2 Å². The number of ether oxygens (including phenoxy) is 2. The van der Waals surface area contributed by atoms with E-state index in [2.05, 4.69) is 0 Å². The summed E-state index contributed by atoms with van der Waals surface area (Å²) >= 11 is 0. The number of rotatable bonds is 2. The molecule has 1 aliphatic carbocycles. The third kappa shape index (κ3) is 2.16. The lowest BCUT2D eigenvalue weighted by Crippen LogP contribution is -2.46. The van der Waals surface area contributed by atoms with Crippen molar-refractivity contribution in [3.05, 3.63) is 0 Å². The van der Waals surface area contributed by atoms with Gasteiger partial charge in [-0.25, -0.2) is 0 Å². The SMILES string of the molecule is CC(C)(C)C(=O)OC[C@H]1OC(=O)[C@@H]2C[C@H](O)[C@H]12. The number of cyclic esters (lactones) is 1. The van der Waals surface area contributed by atoms with E-state index in [9.17, 15) is 14.7 Å². The number of esters is 2. The number of carbonyl (C=O) groups is 2. The zero-order valence-electron chi connectivity index (χ0n) is 10.3. The van der Waals surface area contributed by atoms with Crippen molar-refractivity contribution >= 4 is 11.9 Å². The molecule has 0 aromatic heterocycles. The van der Waals surface area contributed by atoms with Gasteiger partial charge >= 0.3 is 11.9 Å². The van der Waals surface area contributed by atoms with Gasteiger partial charge in [0.05, 0.1) is 17.4 Å². The van der Waals surface area contributed by atoms with E-state index in [1.54, 1.807) is 20.8 Å². The fraction of sp³-hybridized carbons (Fsp3) is 0.833. The molecule has 0 spiro atoms. The second-order valence-electron chi connectivity index (χ2n) is 5.81. The number of carbonyl (C=O) groups excluding carboxylic acids is 2. The maximum absolute atomic E-state index is 11.6. The fourth-order valence-electron chi connectivity index (χ4n) is 2.24. The lowest BCUT2D eigenvalue weighted by Gasteiger charge is -2.35. The Morgan fingerprint density at radius 3 is 2.71 bits per heavy atom. The number of fused-ring (bicyclic) bond motifs is 1. The third-order valence-corrected chi connectivity index (χ3v) is 3.39. The lowest BCUT2D eigenvalue weighted by atomic mass is 9.70. The van der Waals surface area contributed by atoms with Gasteiger partial charge in [-0.3, -0.25) is 9.59 Å². The molecule has 0 aromatic rings. The lowest BCUT2D eigenvalue weighted by molar-refractivity contribution is -0.160. The summed E-state index contributed by atoms with van der Waals surface area (Å²) < 4.78 is 10.2. The Morgan fingerprint density at radius 2 is 2.18 bits per heavy atom. The maximum atomic E-state index is 11.6. The van der Waals surface area contributed by atoms with E-state index in [1.807, 2.05) is 0 Å². The minimum absolute atomic E-state index is 0.0417. The van der Waals surface area contributed by atoms with E-state index in [0.29, 0.717) is 6.42 Å². The molecule has 5 heteroatoms. The molecule has 5 nitrogen and oxygen atoms in total. The molecule has 1 aliphatic heterocycles. The largest absolute Gasteiger partial charge is 0.461 e. The highest BCUT2D eigenvalue weighted by molar-refractivity contribution is 5.77. The van der Waals surface area contributed by atoms with Crippen LogP contribution in [0.25, 0.3) is 0 Å². The maximum Gasteiger partial charge on any atom is 0.311 e. The first-order valence-corrected chi connectivity index (χ1v) is 5.86. The number of aliphatic hydroxyl groups is 1. The van der Waals surface area contributed by atoms with Crippen LogP contribution in [-0.4, -0.2) is 35.9 Å². The molecule has 17 heavy (non-hydrogen) atoms. The minimum atomic E-state index is -0.569. The average Bonchev–Trinajstić information content (AvgIpc) is 2.44. The smallest absolute Gasteiger partial charge is 0.311 e. The summed E-state index contributed by atoms with van der Waals surface area (Å²) in [5, 5.41) is 9.56. The standard InChI is InChI=1S/C12H18O5/c1-12(2,3)11(15)16-5-8-9-6(4-7(9)13)10(14)17-8/h6-9,13H,4-5H2,1-3H3/t6-,7+,8-,9-/m1/s1. The van der Waals surface area contributed by atoms with E-state index >= 15 is 0 Å². The average molecular weight is 242 g/mol. The molecule has 1 heterocycles. The van der Waals surface area contributed by atoms with E-state index in [1.165, 1.54) is 0 Å². The van der Waals surface area contributed by atoms with Gasteiger partial charge in [0, 0.05) is 5.92 Å². The summed E-state index contributed by atoms with van der Waals surface area (Å²) in [5.74, 6) is -1.01. The highest BCUT2D eigenvalue weighted by Crippen LogP contribution is 2.44. The Bertz CT molecular complexity index is 343. The molecule has 4 atom stereocenters. The van der Waals surface area contributed by atoms with Gasteiger partial charge in [-0.05, 0) is 27.2 Å². The molecule has 0 amide bonds. The quantitative estimate of drug-likeness (QED) is 0.714. The molecule has 0 unspecified atom stereocenters. The first kappa shape index (κ1) is 12.4. The summed E-state index contributed by atoms with van der Waals surface area (Å²) in [6, 6.07) is 0. The van der Waals surface area contributed by atoms with Gasteiger partial charge in [0.15, 0.2) is 0 Å². The Labute approximate surface area is 100 Å². The number of aliphatic hydroxyl groups excluding tert-OH is 1. The van der Waals surface area contributed by atoms with Crippen molar-refractivity contribution in [1.29, 1.82) is 0 Å². The molecule has 0 aromatic carbocycles. The highest BCUT2D eigenvalue weighted by Gasteiger charge is 2.56. The van der Waals surface area contributed by atoms with E-state index in [0.717, 1.165) is 0 Å². The van der Waals surface area contributed by atoms with Gasteiger partial charge in [-0.1, -0.05) is 0 Å². The van der Waals surface area contributed by atoms with Crippen molar-refractivity contribution in [2.24, 2.45) is 17.3 Å². The highest BCUT2D eigenvalue weighted by atomic mass is 16.6. The van der Waals surface area contributed by atoms with Crippen LogP contribution in [0.2, 0.25) is 0 Å². The van der Waals surface area contributed by atoms with Crippen molar-refractivity contribution in [2.75, 3.05) is 6.61 Å². The van der Waals surface area contributed by atoms with Crippen molar-refractivity contribution in [3.63, 3.8) is 0 Å². The first-order chi connectivity index (χ1) is 7.80.